The monoisotopic (exact) mass is 526 g/mol. The third-order valence-electron chi connectivity index (χ3n) is 4.44. The van der Waals surface area contributed by atoms with E-state index in [0.29, 0.717) is 23.0 Å². The number of unbranched alkanes of at least 4 members (excludes halogenated alkanes) is 1. The van der Waals surface area contributed by atoms with E-state index in [2.05, 4.69) is 19.7 Å². The first-order valence-corrected chi connectivity index (χ1v) is 10.6. The first kappa shape index (κ1) is 28.9. The second-order valence-electron chi connectivity index (χ2n) is 7.07. The second-order valence-corrected chi connectivity index (χ2v) is 7.07. The minimum atomic E-state index is -3.79. The maximum absolute atomic E-state index is 13.9. The molecule has 0 fully saturated rings. The van der Waals surface area contributed by atoms with Gasteiger partial charge in [-0.3, -0.25) is 4.98 Å². The number of halogens is 6. The first-order valence-electron chi connectivity index (χ1n) is 10.6. The molecule has 0 N–H and O–H groups in total. The Morgan fingerprint density at radius 2 is 1.54 bits per heavy atom. The Balaban J connectivity index is 0.000000235. The molecule has 0 saturated heterocycles. The lowest BCUT2D eigenvalue weighted by atomic mass is 10.2. The molecule has 0 amide bonds. The molecule has 0 aliphatic rings. The van der Waals surface area contributed by atoms with Crippen molar-refractivity contribution in [2.45, 2.75) is 25.7 Å². The van der Waals surface area contributed by atoms with Crippen molar-refractivity contribution in [3.05, 3.63) is 90.2 Å². The zero-order valence-electron chi connectivity index (χ0n) is 19.3. The van der Waals surface area contributed by atoms with Gasteiger partial charge < -0.3 is 9.94 Å². The molecule has 0 aliphatic carbocycles. The van der Waals surface area contributed by atoms with Gasteiger partial charge in [0.2, 0.25) is 5.52 Å². The highest BCUT2D eigenvalue weighted by molar-refractivity contribution is 5.80. The van der Waals surface area contributed by atoms with Gasteiger partial charge in [-0.05, 0) is 24.6 Å². The fourth-order valence-corrected chi connectivity index (χ4v) is 2.63. The molecule has 2 aromatic carbocycles. The number of carbonyl (C=O) groups excluding carboxylic acids is 1. The van der Waals surface area contributed by atoms with E-state index < -0.39 is 29.7 Å². The number of nitrogens with zero attached hydrogens (tertiary/aromatic N) is 4. The summed E-state index contributed by atoms with van der Waals surface area (Å²) in [5.41, 5.74) is 1.44. The molecule has 0 radical (unpaired) electrons. The average Bonchev–Trinajstić information content (AvgIpc) is 2.89. The topological polar surface area (TPSA) is 91.9 Å². The molecule has 0 atom stereocenters. The second kappa shape index (κ2) is 13.7. The summed E-state index contributed by atoms with van der Waals surface area (Å²) < 4.78 is 74.4. The van der Waals surface area contributed by atoms with Crippen LogP contribution in [0.2, 0.25) is 0 Å². The molecule has 0 unspecified atom stereocenters. The molecular weight excluding hydrogens is 506 g/mol. The van der Waals surface area contributed by atoms with Gasteiger partial charge >= 0.3 is 24.1 Å². The van der Waals surface area contributed by atoms with Crippen molar-refractivity contribution in [3.8, 4) is 0 Å². The highest BCUT2D eigenvalue weighted by Crippen LogP contribution is 2.28. The van der Waals surface area contributed by atoms with E-state index in [1.54, 1.807) is 30.3 Å². The van der Waals surface area contributed by atoms with Gasteiger partial charge in [-0.15, -0.1) is 0 Å². The Hall–Kier alpha value is -4.29. The maximum atomic E-state index is 13.9. The van der Waals surface area contributed by atoms with Crippen molar-refractivity contribution in [2.75, 3.05) is 6.61 Å². The van der Waals surface area contributed by atoms with Gasteiger partial charge in [-0.2, -0.15) is 31.1 Å². The van der Waals surface area contributed by atoms with Crippen molar-refractivity contribution in [2.24, 2.45) is 0 Å². The van der Waals surface area contributed by atoms with Gasteiger partial charge in [0.1, 0.15) is 11.2 Å². The number of para-hydroxylation sites is 4. The van der Waals surface area contributed by atoms with E-state index in [4.69, 9.17) is 0 Å². The van der Waals surface area contributed by atoms with E-state index in [1.165, 1.54) is 12.4 Å². The van der Waals surface area contributed by atoms with Crippen LogP contribution in [0.4, 0.5) is 26.3 Å². The summed E-state index contributed by atoms with van der Waals surface area (Å²) in [5, 5.41) is 11.1. The van der Waals surface area contributed by atoms with Crippen LogP contribution >= 0.6 is 0 Å². The van der Waals surface area contributed by atoms with Crippen LogP contribution in [0.15, 0.2) is 79.3 Å². The number of fused-ring (bicyclic) bond motifs is 2. The smallest absolute Gasteiger partial charge is 0.385 e. The average molecular weight is 526 g/mol. The van der Waals surface area contributed by atoms with E-state index in [0.717, 1.165) is 22.9 Å². The van der Waals surface area contributed by atoms with Crippen LogP contribution < -0.4 is 4.73 Å². The highest BCUT2D eigenvalue weighted by atomic mass is 19.3. The van der Waals surface area contributed by atoms with Crippen molar-refractivity contribution in [1.82, 2.24) is 15.0 Å². The largest absolute Gasteiger partial charge is 0.618 e. The number of aromatic nitrogens is 4. The number of ether oxygens (including phenoxy) is 1. The normalized spacial score (nSPS) is 10.6. The Morgan fingerprint density at radius 3 is 2.14 bits per heavy atom. The minimum absolute atomic E-state index is 0.0219. The van der Waals surface area contributed by atoms with Crippen LogP contribution in [0.3, 0.4) is 0 Å². The van der Waals surface area contributed by atoms with Crippen LogP contribution in [0.1, 0.15) is 25.5 Å². The molecule has 4 aromatic rings. The maximum Gasteiger partial charge on any atom is 0.385 e. The molecule has 7 nitrogen and oxygen atoms in total. The standard InChI is InChI=1S/C14H14F2N2O2.C8H6N2O.C2F4/c1-2-3-8-20-13(19)14(15,16)12-9-17-10-6-4-5-7-11(10)18-12;11-10-6-5-9-7-3-1-2-4-8(7)10;3-1(4)2(5)6/h4-7,9H,2-3,8H2,1H3;1-6H;. The number of hydrogen-bond acceptors (Lipinski definition) is 6. The van der Waals surface area contributed by atoms with Crippen LogP contribution in [0, 0.1) is 5.21 Å². The van der Waals surface area contributed by atoms with E-state index in [1.807, 2.05) is 25.1 Å². The van der Waals surface area contributed by atoms with E-state index >= 15 is 0 Å². The first-order chi connectivity index (χ1) is 17.6. The molecule has 2 aromatic heterocycles. The summed E-state index contributed by atoms with van der Waals surface area (Å²) in [6, 6.07) is 13.8. The SMILES string of the molecule is CCCCOC(=O)C(F)(F)c1cnc2ccccc2n1.FC(F)=C(F)F.[O-][n+]1ccnc2ccccc21. The predicted molar refractivity (Wildman–Crippen MR) is 121 cm³/mol. The third-order valence-corrected chi connectivity index (χ3v) is 4.44. The molecule has 37 heavy (non-hydrogen) atoms. The van der Waals surface area contributed by atoms with Gasteiger partial charge in [-0.1, -0.05) is 37.6 Å². The summed E-state index contributed by atoms with van der Waals surface area (Å²) in [7, 11) is 0. The van der Waals surface area contributed by atoms with Crippen LogP contribution in [-0.4, -0.2) is 27.5 Å². The third kappa shape index (κ3) is 8.40. The lowest BCUT2D eigenvalue weighted by Gasteiger charge is -2.14. The Bertz CT molecular complexity index is 1350. The van der Waals surface area contributed by atoms with E-state index in [-0.39, 0.29) is 6.61 Å². The Morgan fingerprint density at radius 1 is 0.946 bits per heavy atom. The predicted octanol–water partition coefficient (Wildman–Crippen LogP) is 5.92. The van der Waals surface area contributed by atoms with Gasteiger partial charge in [0.25, 0.3) is 0 Å². The van der Waals surface area contributed by atoms with Gasteiger partial charge in [0.05, 0.1) is 30.0 Å². The van der Waals surface area contributed by atoms with Crippen LogP contribution in [0.5, 0.6) is 0 Å². The number of alkyl halides is 2. The fourth-order valence-electron chi connectivity index (χ4n) is 2.63. The molecule has 0 spiro atoms. The Kier molecular flexibility index (Phi) is 10.7. The molecule has 2 heterocycles. The summed E-state index contributed by atoms with van der Waals surface area (Å²) in [4.78, 5) is 23.1. The van der Waals surface area contributed by atoms with E-state index in [9.17, 15) is 36.3 Å². The number of benzene rings is 2. The van der Waals surface area contributed by atoms with Gasteiger partial charge in [0, 0.05) is 6.07 Å². The zero-order chi connectivity index (χ0) is 27.4. The molecule has 0 bridgehead atoms. The van der Waals surface area contributed by atoms with Gasteiger partial charge in [0.15, 0.2) is 6.20 Å². The summed E-state index contributed by atoms with van der Waals surface area (Å²) in [6.07, 6.45) is -0.717. The fraction of sp³-hybridized carbons (Fsp3) is 0.208. The van der Waals surface area contributed by atoms with Crippen LogP contribution in [-0.2, 0) is 15.5 Å². The number of carbonyl (C=O) groups is 1. The highest BCUT2D eigenvalue weighted by Gasteiger charge is 2.44. The number of esters is 1. The van der Waals surface area contributed by atoms with Crippen molar-refractivity contribution < 1.29 is 40.6 Å². The molecule has 13 heteroatoms. The molecule has 196 valence electrons. The van der Waals surface area contributed by atoms with Crippen molar-refractivity contribution in [3.63, 3.8) is 0 Å². The quantitative estimate of drug-likeness (QED) is 0.105. The summed E-state index contributed by atoms with van der Waals surface area (Å²) in [6.45, 7) is 1.85. The van der Waals surface area contributed by atoms with Crippen LogP contribution in [0.25, 0.3) is 22.1 Å². The lowest BCUT2D eigenvalue weighted by molar-refractivity contribution is -0.577. The number of rotatable bonds is 5. The Labute approximate surface area is 206 Å². The zero-order valence-corrected chi connectivity index (χ0v) is 19.3. The number of hydrogen-bond donors (Lipinski definition) is 0. The van der Waals surface area contributed by atoms with Crippen molar-refractivity contribution >= 4 is 28.0 Å². The summed E-state index contributed by atoms with van der Waals surface area (Å²) >= 11 is 0. The lowest BCUT2D eigenvalue weighted by Crippen LogP contribution is -2.29. The molecule has 0 saturated carbocycles. The minimum Gasteiger partial charge on any atom is -0.618 e. The molecular formula is C24H20F6N4O3. The molecule has 4 rings (SSSR count). The summed E-state index contributed by atoms with van der Waals surface area (Å²) in [5.74, 6) is -5.37. The van der Waals surface area contributed by atoms with Gasteiger partial charge in [-0.25, -0.2) is 14.8 Å². The van der Waals surface area contributed by atoms with Crippen molar-refractivity contribution in [1.29, 1.82) is 0 Å². The molecule has 0 aliphatic heterocycles.